The molecule has 3 heteroatoms. The molecule has 0 aromatic carbocycles. The Morgan fingerprint density at radius 1 is 1.44 bits per heavy atom. The number of carbonyl (C=O) groups excluding carboxylic acids is 1. The number of amides is 1. The molecule has 96 valence electrons. The minimum atomic E-state index is -0.00345. The maximum atomic E-state index is 12.3. The molecule has 0 N–H and O–H groups in total. The van der Waals surface area contributed by atoms with Crippen LogP contribution >= 0.6 is 0 Å². The zero-order valence-corrected chi connectivity index (χ0v) is 10.7. The van der Waals surface area contributed by atoms with E-state index >= 15 is 0 Å². The summed E-state index contributed by atoms with van der Waals surface area (Å²) in [7, 11) is 0. The molecule has 3 nitrogen and oxygen atoms in total. The zero-order valence-electron chi connectivity index (χ0n) is 10.7. The maximum Gasteiger partial charge on any atom is 0.227 e. The number of carbonyl (C=O) groups is 1. The van der Waals surface area contributed by atoms with Crippen molar-refractivity contribution in [1.82, 2.24) is 9.80 Å². The lowest BCUT2D eigenvalue weighted by atomic mass is 9.70. The van der Waals surface area contributed by atoms with Crippen LogP contribution in [0.1, 0.15) is 19.3 Å². The van der Waals surface area contributed by atoms with Crippen LogP contribution in [0.2, 0.25) is 0 Å². The summed E-state index contributed by atoms with van der Waals surface area (Å²) in [5.74, 6) is 1.68. The summed E-state index contributed by atoms with van der Waals surface area (Å²) in [6.45, 7) is 7.24. The standard InChI is InChI=1S/C15H20N2O/c1-2-4-13-15-6-3-5-14(18)17(15)9-11-7-12(15)10-16(13)8-11/h2-3,6,11-13H,1,4-5,7-10H2/t11-,12+,13+,15+/m0/s1. The topological polar surface area (TPSA) is 23.6 Å². The summed E-state index contributed by atoms with van der Waals surface area (Å²) in [5, 5.41) is 0. The Balaban J connectivity index is 1.87. The smallest absolute Gasteiger partial charge is 0.227 e. The molecule has 4 heterocycles. The second-order valence-corrected chi connectivity index (χ2v) is 6.29. The highest BCUT2D eigenvalue weighted by Gasteiger charge is 2.62. The van der Waals surface area contributed by atoms with E-state index in [0.29, 0.717) is 30.2 Å². The van der Waals surface area contributed by atoms with Gasteiger partial charge in [-0.1, -0.05) is 18.2 Å². The maximum absolute atomic E-state index is 12.3. The van der Waals surface area contributed by atoms with Crippen molar-refractivity contribution in [3.63, 3.8) is 0 Å². The summed E-state index contributed by atoms with van der Waals surface area (Å²) in [6.07, 6.45) is 9.39. The molecule has 1 unspecified atom stereocenters. The minimum Gasteiger partial charge on any atom is -0.331 e. The number of rotatable bonds is 2. The van der Waals surface area contributed by atoms with E-state index in [9.17, 15) is 4.79 Å². The van der Waals surface area contributed by atoms with Gasteiger partial charge in [-0.15, -0.1) is 6.58 Å². The Morgan fingerprint density at radius 2 is 2.33 bits per heavy atom. The van der Waals surface area contributed by atoms with Gasteiger partial charge < -0.3 is 4.90 Å². The average molecular weight is 244 g/mol. The molecule has 4 rings (SSSR count). The molecule has 4 aliphatic heterocycles. The van der Waals surface area contributed by atoms with Gasteiger partial charge in [0.2, 0.25) is 5.91 Å². The number of piperidine rings is 2. The number of hydrogen-bond donors (Lipinski definition) is 0. The van der Waals surface area contributed by atoms with Crippen LogP contribution in [0.3, 0.4) is 0 Å². The van der Waals surface area contributed by atoms with E-state index in [1.165, 1.54) is 19.5 Å². The van der Waals surface area contributed by atoms with Gasteiger partial charge in [0.15, 0.2) is 0 Å². The van der Waals surface area contributed by atoms with Crippen LogP contribution in [0.4, 0.5) is 0 Å². The normalized spacial score (nSPS) is 48.4. The van der Waals surface area contributed by atoms with Gasteiger partial charge in [-0.3, -0.25) is 9.69 Å². The first-order valence-electron chi connectivity index (χ1n) is 7.09. The highest BCUT2D eigenvalue weighted by Crippen LogP contribution is 2.53. The molecule has 18 heavy (non-hydrogen) atoms. The number of fused-ring (bicyclic) bond motifs is 2. The predicted molar refractivity (Wildman–Crippen MR) is 70.0 cm³/mol. The van der Waals surface area contributed by atoms with Crippen molar-refractivity contribution in [3.05, 3.63) is 24.8 Å². The van der Waals surface area contributed by atoms with E-state index in [1.807, 2.05) is 6.08 Å². The first-order valence-corrected chi connectivity index (χ1v) is 7.09. The van der Waals surface area contributed by atoms with E-state index in [1.54, 1.807) is 0 Å². The minimum absolute atomic E-state index is 0.00345. The van der Waals surface area contributed by atoms with E-state index in [4.69, 9.17) is 0 Å². The highest BCUT2D eigenvalue weighted by atomic mass is 16.2. The molecule has 0 aromatic heterocycles. The van der Waals surface area contributed by atoms with Crippen LogP contribution in [-0.4, -0.2) is 46.9 Å². The second kappa shape index (κ2) is 3.47. The number of nitrogens with zero attached hydrogens (tertiary/aromatic N) is 2. The van der Waals surface area contributed by atoms with E-state index in [-0.39, 0.29) is 5.54 Å². The number of hydrogen-bond acceptors (Lipinski definition) is 2. The van der Waals surface area contributed by atoms with E-state index in [0.717, 1.165) is 13.0 Å². The molecule has 0 aliphatic carbocycles. The monoisotopic (exact) mass is 244 g/mol. The Labute approximate surface area is 108 Å². The molecule has 0 saturated carbocycles. The molecule has 1 spiro atoms. The van der Waals surface area contributed by atoms with Gasteiger partial charge in [-0.05, 0) is 18.8 Å². The zero-order chi connectivity index (χ0) is 12.3. The average Bonchev–Trinajstić information content (AvgIpc) is 2.50. The van der Waals surface area contributed by atoms with Gasteiger partial charge in [-0.2, -0.15) is 0 Å². The molecule has 1 amide bonds. The van der Waals surface area contributed by atoms with Gasteiger partial charge in [0.05, 0.1) is 5.54 Å². The lowest BCUT2D eigenvalue weighted by Crippen LogP contribution is -2.63. The fraction of sp³-hybridized carbons (Fsp3) is 0.667. The molecule has 3 saturated heterocycles. The highest BCUT2D eigenvalue weighted by molar-refractivity contribution is 5.81. The van der Waals surface area contributed by atoms with Crippen molar-refractivity contribution >= 4 is 5.91 Å². The van der Waals surface area contributed by atoms with Crippen molar-refractivity contribution in [2.24, 2.45) is 11.8 Å². The fourth-order valence-corrected chi connectivity index (χ4v) is 4.95. The molecule has 5 atom stereocenters. The van der Waals surface area contributed by atoms with E-state index < -0.39 is 0 Å². The van der Waals surface area contributed by atoms with Crippen molar-refractivity contribution < 1.29 is 4.79 Å². The lowest BCUT2D eigenvalue weighted by Gasteiger charge is -2.52. The summed E-state index contributed by atoms with van der Waals surface area (Å²) < 4.78 is 0. The molecular weight excluding hydrogens is 224 g/mol. The van der Waals surface area contributed by atoms with Crippen LogP contribution < -0.4 is 0 Å². The Morgan fingerprint density at radius 3 is 3.17 bits per heavy atom. The SMILES string of the molecule is C=CC[C@H]1N2C[C@@H]3C[C@H](C2)[C@]12C=CCC(=O)N2C3. The van der Waals surface area contributed by atoms with Crippen molar-refractivity contribution in [1.29, 1.82) is 0 Å². The second-order valence-electron chi connectivity index (χ2n) is 6.29. The van der Waals surface area contributed by atoms with Crippen LogP contribution in [0, 0.1) is 11.8 Å². The summed E-state index contributed by atoms with van der Waals surface area (Å²) in [6, 6.07) is 0.466. The Bertz CT molecular complexity index is 444. The molecule has 0 aromatic rings. The largest absolute Gasteiger partial charge is 0.331 e. The third-order valence-corrected chi connectivity index (χ3v) is 5.47. The third kappa shape index (κ3) is 1.11. The summed E-state index contributed by atoms with van der Waals surface area (Å²) in [4.78, 5) is 17.1. The summed E-state index contributed by atoms with van der Waals surface area (Å²) in [5.41, 5.74) is -0.00345. The van der Waals surface area contributed by atoms with Crippen LogP contribution in [0.25, 0.3) is 0 Å². The fourth-order valence-electron chi connectivity index (χ4n) is 4.95. The molecule has 4 aliphatic rings. The van der Waals surface area contributed by atoms with E-state index in [2.05, 4.69) is 28.5 Å². The molecule has 0 radical (unpaired) electrons. The van der Waals surface area contributed by atoms with Crippen molar-refractivity contribution in [2.75, 3.05) is 19.6 Å². The first-order chi connectivity index (χ1) is 8.75. The van der Waals surface area contributed by atoms with Gasteiger partial charge in [-0.25, -0.2) is 0 Å². The van der Waals surface area contributed by atoms with Gasteiger partial charge in [0.25, 0.3) is 0 Å². The lowest BCUT2D eigenvalue weighted by molar-refractivity contribution is -0.141. The molecule has 3 fully saturated rings. The molecular formula is C15H20N2O. The van der Waals surface area contributed by atoms with Crippen LogP contribution in [-0.2, 0) is 4.79 Å². The van der Waals surface area contributed by atoms with Gasteiger partial charge in [0, 0.05) is 38.0 Å². The quantitative estimate of drug-likeness (QED) is 0.686. The van der Waals surface area contributed by atoms with Crippen molar-refractivity contribution in [3.8, 4) is 0 Å². The Hall–Kier alpha value is -1.09. The predicted octanol–water partition coefficient (Wildman–Crippen LogP) is 1.42. The van der Waals surface area contributed by atoms with Crippen LogP contribution in [0.15, 0.2) is 24.8 Å². The van der Waals surface area contributed by atoms with Crippen molar-refractivity contribution in [2.45, 2.75) is 30.8 Å². The first kappa shape index (κ1) is 10.8. The van der Waals surface area contributed by atoms with Gasteiger partial charge in [0.1, 0.15) is 0 Å². The summed E-state index contributed by atoms with van der Waals surface area (Å²) >= 11 is 0. The third-order valence-electron chi connectivity index (χ3n) is 5.47. The van der Waals surface area contributed by atoms with Crippen LogP contribution in [0.5, 0.6) is 0 Å². The Kier molecular flexibility index (Phi) is 2.08. The van der Waals surface area contributed by atoms with Gasteiger partial charge >= 0.3 is 0 Å². The molecule has 3 bridgehead atoms.